The fourth-order valence-electron chi connectivity index (χ4n) is 3.69. The van der Waals surface area contributed by atoms with E-state index in [9.17, 15) is 4.79 Å². The summed E-state index contributed by atoms with van der Waals surface area (Å²) in [6.07, 6.45) is 6.47. The first-order valence-corrected chi connectivity index (χ1v) is 8.83. The first-order valence-electron chi connectivity index (χ1n) is 8.83. The largest absolute Gasteiger partial charge is 0.355 e. The normalized spacial score (nSPS) is 24.4. The molecule has 1 aromatic rings. The molecule has 3 heterocycles. The summed E-state index contributed by atoms with van der Waals surface area (Å²) in [6.45, 7) is 7.99. The maximum atomic E-state index is 12.5. The summed E-state index contributed by atoms with van der Waals surface area (Å²) in [7, 11) is 1.92. The van der Waals surface area contributed by atoms with Crippen molar-refractivity contribution >= 4 is 30.7 Å². The lowest BCUT2D eigenvalue weighted by molar-refractivity contribution is -0.124. The molecular formula is C17H31Cl2N5O. The molecule has 2 fully saturated rings. The zero-order valence-electron chi connectivity index (χ0n) is 15.1. The Labute approximate surface area is 162 Å². The summed E-state index contributed by atoms with van der Waals surface area (Å²) in [6, 6.07) is 0. The van der Waals surface area contributed by atoms with Gasteiger partial charge in [-0.2, -0.15) is 5.10 Å². The van der Waals surface area contributed by atoms with Gasteiger partial charge in [0.05, 0.1) is 12.1 Å². The van der Waals surface area contributed by atoms with Crippen LogP contribution < -0.4 is 10.6 Å². The van der Waals surface area contributed by atoms with Crippen molar-refractivity contribution in [3.05, 3.63) is 18.0 Å². The monoisotopic (exact) mass is 391 g/mol. The Morgan fingerprint density at radius 3 is 2.68 bits per heavy atom. The number of nitrogens with zero attached hydrogens (tertiary/aromatic N) is 3. The maximum Gasteiger partial charge on any atom is 0.225 e. The number of aryl methyl sites for hydroxylation is 1. The van der Waals surface area contributed by atoms with Crippen LogP contribution >= 0.6 is 24.8 Å². The summed E-state index contributed by atoms with van der Waals surface area (Å²) in [5, 5.41) is 10.7. The minimum Gasteiger partial charge on any atom is -0.355 e. The van der Waals surface area contributed by atoms with E-state index in [1.165, 1.54) is 25.9 Å². The molecule has 0 radical (unpaired) electrons. The number of aromatic nitrogens is 2. The van der Waals surface area contributed by atoms with Crippen LogP contribution in [0.25, 0.3) is 0 Å². The summed E-state index contributed by atoms with van der Waals surface area (Å²) < 4.78 is 1.81. The highest BCUT2D eigenvalue weighted by Crippen LogP contribution is 2.27. The lowest BCUT2D eigenvalue weighted by atomic mass is 9.90. The molecule has 0 unspecified atom stereocenters. The fraction of sp³-hybridized carbons (Fsp3) is 0.765. The van der Waals surface area contributed by atoms with Gasteiger partial charge >= 0.3 is 0 Å². The molecule has 2 saturated heterocycles. The van der Waals surface area contributed by atoms with Crippen LogP contribution in [0.15, 0.2) is 12.4 Å². The first-order chi connectivity index (χ1) is 11.1. The van der Waals surface area contributed by atoms with Crippen molar-refractivity contribution in [2.24, 2.45) is 18.9 Å². The predicted molar refractivity (Wildman–Crippen MR) is 105 cm³/mol. The maximum absolute atomic E-state index is 12.5. The van der Waals surface area contributed by atoms with Gasteiger partial charge in [-0.25, -0.2) is 0 Å². The highest BCUT2D eigenvalue weighted by Gasteiger charge is 2.34. The van der Waals surface area contributed by atoms with E-state index < -0.39 is 0 Å². The molecule has 0 saturated carbocycles. The molecular weight excluding hydrogens is 361 g/mol. The van der Waals surface area contributed by atoms with Crippen molar-refractivity contribution in [2.45, 2.75) is 25.7 Å². The van der Waals surface area contributed by atoms with E-state index in [1.54, 1.807) is 4.68 Å². The second-order valence-corrected chi connectivity index (χ2v) is 7.13. The van der Waals surface area contributed by atoms with Gasteiger partial charge in [-0.3, -0.25) is 9.48 Å². The number of amides is 1. The van der Waals surface area contributed by atoms with Gasteiger partial charge in [-0.1, -0.05) is 6.92 Å². The van der Waals surface area contributed by atoms with E-state index in [1.807, 2.05) is 19.4 Å². The van der Waals surface area contributed by atoms with E-state index in [-0.39, 0.29) is 42.6 Å². The van der Waals surface area contributed by atoms with Crippen LogP contribution in [0.4, 0.5) is 0 Å². The topological polar surface area (TPSA) is 62.2 Å². The highest BCUT2D eigenvalue weighted by molar-refractivity contribution is 5.85. The molecule has 0 aromatic carbocycles. The number of piperidine rings is 1. The van der Waals surface area contributed by atoms with Gasteiger partial charge < -0.3 is 15.5 Å². The van der Waals surface area contributed by atoms with E-state index >= 15 is 0 Å². The number of rotatable bonds is 5. The summed E-state index contributed by atoms with van der Waals surface area (Å²) in [5.74, 6) is 1.28. The number of hydrogen-bond donors (Lipinski definition) is 2. The third kappa shape index (κ3) is 5.84. The molecule has 25 heavy (non-hydrogen) atoms. The zero-order valence-corrected chi connectivity index (χ0v) is 16.7. The minimum atomic E-state index is 0. The van der Waals surface area contributed by atoms with Crippen molar-refractivity contribution in [3.8, 4) is 0 Å². The summed E-state index contributed by atoms with van der Waals surface area (Å²) in [4.78, 5) is 15.0. The predicted octanol–water partition coefficient (Wildman–Crippen LogP) is 1.41. The molecule has 1 amide bonds. The molecule has 0 spiro atoms. The van der Waals surface area contributed by atoms with Crippen LogP contribution in [0.5, 0.6) is 0 Å². The van der Waals surface area contributed by atoms with Gasteiger partial charge in [0.15, 0.2) is 0 Å². The van der Waals surface area contributed by atoms with Crippen molar-refractivity contribution in [1.29, 1.82) is 0 Å². The van der Waals surface area contributed by atoms with Gasteiger partial charge in [0.1, 0.15) is 0 Å². The van der Waals surface area contributed by atoms with Crippen LogP contribution in [-0.2, 0) is 11.8 Å². The van der Waals surface area contributed by atoms with Gasteiger partial charge in [0.2, 0.25) is 5.91 Å². The Bertz CT molecular complexity index is 531. The zero-order chi connectivity index (χ0) is 16.2. The summed E-state index contributed by atoms with van der Waals surface area (Å²) >= 11 is 0. The molecule has 8 heteroatoms. The molecule has 2 atom stereocenters. The van der Waals surface area contributed by atoms with Crippen LogP contribution in [0.3, 0.4) is 0 Å². The second-order valence-electron chi connectivity index (χ2n) is 7.13. The van der Waals surface area contributed by atoms with Crippen molar-refractivity contribution in [2.75, 3.05) is 39.3 Å². The Balaban J connectivity index is 0.00000156. The Morgan fingerprint density at radius 2 is 2.04 bits per heavy atom. The molecule has 0 bridgehead atoms. The third-order valence-electron chi connectivity index (χ3n) is 5.31. The van der Waals surface area contributed by atoms with Gasteiger partial charge in [0, 0.05) is 45.3 Å². The molecule has 0 aliphatic carbocycles. The molecule has 3 rings (SSSR count). The van der Waals surface area contributed by atoms with Crippen molar-refractivity contribution < 1.29 is 4.79 Å². The fourth-order valence-corrected chi connectivity index (χ4v) is 3.69. The number of likely N-dealkylation sites (tertiary alicyclic amines) is 1. The Kier molecular flexibility index (Phi) is 9.21. The standard InChI is InChI=1S/C17H29N5O.2ClH/c1-13-3-6-22(7-4-13)8-5-19-17(23)16-11-18-10-15(16)14-9-20-21(2)12-14;;/h9,12-13,15-16,18H,3-8,10-11H2,1-2H3,(H,19,23);2*1H/t15-,16+;;/m1../s1. The molecule has 2 aliphatic rings. The van der Waals surface area contributed by atoms with Crippen molar-refractivity contribution in [1.82, 2.24) is 25.3 Å². The van der Waals surface area contributed by atoms with Gasteiger partial charge in [-0.15, -0.1) is 24.8 Å². The SMILES string of the molecule is CC1CCN(CCNC(=O)[C@H]2CNC[C@@H]2c2cnn(C)c2)CC1.Cl.Cl. The molecule has 6 nitrogen and oxygen atoms in total. The number of carbonyl (C=O) groups excluding carboxylic acids is 1. The quantitative estimate of drug-likeness (QED) is 0.796. The Hall–Kier alpha value is -0.820. The number of hydrogen-bond acceptors (Lipinski definition) is 4. The van der Waals surface area contributed by atoms with Crippen LogP contribution in [0, 0.1) is 11.8 Å². The van der Waals surface area contributed by atoms with Crippen LogP contribution in [0.1, 0.15) is 31.2 Å². The van der Waals surface area contributed by atoms with E-state index in [4.69, 9.17) is 0 Å². The number of halogens is 2. The molecule has 1 aromatic heterocycles. The third-order valence-corrected chi connectivity index (χ3v) is 5.31. The lowest BCUT2D eigenvalue weighted by Crippen LogP contribution is -2.41. The molecule has 144 valence electrons. The average Bonchev–Trinajstić information content (AvgIpc) is 3.17. The average molecular weight is 392 g/mol. The first kappa shape index (κ1) is 22.2. The van der Waals surface area contributed by atoms with Crippen molar-refractivity contribution in [3.63, 3.8) is 0 Å². The number of carbonyl (C=O) groups is 1. The summed E-state index contributed by atoms with van der Waals surface area (Å²) in [5.41, 5.74) is 1.16. The van der Waals surface area contributed by atoms with Gasteiger partial charge in [0.25, 0.3) is 0 Å². The second kappa shape index (κ2) is 10.4. The molecule has 2 N–H and O–H groups in total. The smallest absolute Gasteiger partial charge is 0.225 e. The van der Waals surface area contributed by atoms with E-state index in [0.29, 0.717) is 0 Å². The van der Waals surface area contributed by atoms with E-state index in [2.05, 4.69) is 27.6 Å². The van der Waals surface area contributed by atoms with Crippen LogP contribution in [-0.4, -0.2) is 59.9 Å². The molecule has 2 aliphatic heterocycles. The highest BCUT2D eigenvalue weighted by atomic mass is 35.5. The van der Waals surface area contributed by atoms with Gasteiger partial charge in [-0.05, 0) is 37.4 Å². The number of nitrogens with one attached hydrogen (secondary N) is 2. The van der Waals surface area contributed by atoms with E-state index in [0.717, 1.165) is 37.7 Å². The minimum absolute atomic E-state index is 0. The van der Waals surface area contributed by atoms with Crippen LogP contribution in [0.2, 0.25) is 0 Å². The lowest BCUT2D eigenvalue weighted by Gasteiger charge is -2.30. The Morgan fingerprint density at radius 1 is 1.32 bits per heavy atom.